The highest BCUT2D eigenvalue weighted by atomic mass is 32.2. The van der Waals surface area contributed by atoms with Crippen LogP contribution < -0.4 is 21.3 Å². The highest BCUT2D eigenvalue weighted by molar-refractivity contribution is 7.99. The van der Waals surface area contributed by atoms with Crippen LogP contribution in [0.15, 0.2) is 12.2 Å². The topological polar surface area (TPSA) is 325 Å². The SMILES string of the molecule is CC=CC[C@@H](C)[C@@H](O)[C@H]1C(=O)N[C@@H](CC)C(=O)N(C)[C@@H](CSCCC(=O)OC)C(=O)N(C)[C@@H](CC(C)(C)O)C(=O)N[C@@H](C(C)C)C(=O)N(C)[C@@H](CC(C)C)C(=O)N[C@@H](C)C(=O)N[C@H](C)C(=O)N(C)[C@@H](CC(C)C)C(=O)N(C)[C@@H](CC(C)C)C(=O)N(C)[C@@H](C(C)C)C(=O)N1C. The van der Waals surface area contributed by atoms with Crippen LogP contribution in [-0.4, -0.2) is 262 Å². The van der Waals surface area contributed by atoms with Crippen LogP contribution in [0, 0.1) is 35.5 Å². The number of methoxy groups -OCH3 is 1. The zero-order valence-electron chi connectivity index (χ0n) is 61.2. The number of hydrogen-bond acceptors (Lipinski definition) is 16. The molecule has 94 heavy (non-hydrogen) atoms. The molecule has 0 aromatic carbocycles. The first kappa shape index (κ1) is 85.7. The maximum Gasteiger partial charge on any atom is 0.306 e. The minimum atomic E-state index is -1.70. The lowest BCUT2D eigenvalue weighted by atomic mass is 9.91. The van der Waals surface area contributed by atoms with E-state index in [9.17, 15) is 39.0 Å². The van der Waals surface area contributed by atoms with Crippen molar-refractivity contribution in [1.82, 2.24) is 55.6 Å². The fourth-order valence-corrected chi connectivity index (χ4v) is 12.5. The number of ether oxygens (including phenoxy) is 1. The molecule has 1 saturated heterocycles. The molecule has 0 aliphatic carbocycles. The molecule has 0 aromatic heterocycles. The number of hydrogen-bond donors (Lipinski definition) is 6. The van der Waals surface area contributed by atoms with Gasteiger partial charge < -0.3 is 70.5 Å². The highest BCUT2D eigenvalue weighted by Gasteiger charge is 2.47. The first-order valence-electron chi connectivity index (χ1n) is 33.1. The number of carbonyl (C=O) groups excluding carboxylic acids is 12. The summed E-state index contributed by atoms with van der Waals surface area (Å²) in [4.78, 5) is 184. The van der Waals surface area contributed by atoms with Crippen LogP contribution in [0.25, 0.3) is 0 Å². The van der Waals surface area contributed by atoms with Gasteiger partial charge in [-0.15, -0.1) is 0 Å². The number of aliphatic hydroxyl groups is 2. The minimum absolute atomic E-state index is 0.0720. The Balaban J connectivity index is 4.58. The van der Waals surface area contributed by atoms with E-state index in [1.165, 1.54) is 104 Å². The van der Waals surface area contributed by atoms with Crippen molar-refractivity contribution in [3.63, 3.8) is 0 Å². The van der Waals surface area contributed by atoms with Crippen molar-refractivity contribution in [3.05, 3.63) is 12.2 Å². The number of carbonyl (C=O) groups is 12. The van der Waals surface area contributed by atoms with E-state index < -0.39 is 173 Å². The van der Waals surface area contributed by atoms with E-state index in [1.54, 1.807) is 60.6 Å². The van der Waals surface area contributed by atoms with E-state index in [1.807, 2.05) is 41.5 Å². The zero-order chi connectivity index (χ0) is 72.9. The van der Waals surface area contributed by atoms with E-state index in [4.69, 9.17) is 4.74 Å². The number of thioether (sulfide) groups is 1. The van der Waals surface area contributed by atoms with Crippen molar-refractivity contribution < 1.29 is 72.5 Å². The van der Waals surface area contributed by atoms with Crippen LogP contribution in [0.5, 0.6) is 0 Å². The fraction of sp³-hybridized carbons (Fsp3) is 0.791. The molecule has 0 spiro atoms. The molecular formula is C67H119N11O15S. The van der Waals surface area contributed by atoms with E-state index in [-0.39, 0.29) is 67.8 Å². The lowest BCUT2D eigenvalue weighted by molar-refractivity contribution is -0.157. The van der Waals surface area contributed by atoms with Gasteiger partial charge in [-0.25, -0.2) is 0 Å². The summed E-state index contributed by atoms with van der Waals surface area (Å²) in [6, 6.07) is -14.8. The van der Waals surface area contributed by atoms with Gasteiger partial charge in [0.1, 0.15) is 66.5 Å². The molecule has 0 aromatic rings. The molecule has 1 fully saturated rings. The Hall–Kier alpha value is -6.35. The van der Waals surface area contributed by atoms with Gasteiger partial charge in [-0.05, 0) is 102 Å². The van der Waals surface area contributed by atoms with Gasteiger partial charge in [0.05, 0.1) is 25.2 Å². The number of amides is 11. The van der Waals surface area contributed by atoms with Crippen LogP contribution in [0.3, 0.4) is 0 Å². The van der Waals surface area contributed by atoms with Crippen molar-refractivity contribution in [2.45, 2.75) is 241 Å². The molecule has 1 aliphatic rings. The zero-order valence-corrected chi connectivity index (χ0v) is 62.0. The standard InChI is InChI=1S/C67H119N11O15S/c1-26-28-29-42(13)55(80)54-59(84)70-45(27-2)61(86)76(22)50(36-94-31-30-51(79)93-25)64(89)75(21)49(35-67(16,17)92)58(83)71-52(40(9)10)65(90)72(18)46(32-37(3)4)57(82)68-43(14)56(81)69-44(15)60(85)73(19)47(33-38(5)6)62(87)74(20)48(34-39(7)8)63(88)77(23)53(41(11)12)66(91)78(54)24/h26,28,37-50,52-55,80,92H,27,29-36H2,1-25H3,(H,68,82)(H,69,81)(H,70,84)(H,71,83)/t42-,43+,44-,45+,46+,47+,48+,49+,50+,52+,53+,54+,55-/m1/s1. The van der Waals surface area contributed by atoms with Gasteiger partial charge in [0.2, 0.25) is 65.0 Å². The lowest BCUT2D eigenvalue weighted by Crippen LogP contribution is -2.64. The molecule has 0 saturated carbocycles. The predicted molar refractivity (Wildman–Crippen MR) is 363 cm³/mol. The molecule has 6 N–H and O–H groups in total. The smallest absolute Gasteiger partial charge is 0.306 e. The van der Waals surface area contributed by atoms with Crippen LogP contribution in [0.4, 0.5) is 0 Å². The Bertz CT molecular complexity index is 2610. The lowest BCUT2D eigenvalue weighted by Gasteiger charge is -2.41. The van der Waals surface area contributed by atoms with Gasteiger partial charge in [-0.1, -0.05) is 95.2 Å². The number of aliphatic hydroxyl groups excluding tert-OH is 1. The summed E-state index contributed by atoms with van der Waals surface area (Å²) in [5.41, 5.74) is -1.63. The van der Waals surface area contributed by atoms with Crippen LogP contribution in [0.2, 0.25) is 0 Å². The quantitative estimate of drug-likeness (QED) is 0.0580. The van der Waals surface area contributed by atoms with Gasteiger partial charge in [-0.2, -0.15) is 11.8 Å². The van der Waals surface area contributed by atoms with Crippen LogP contribution in [-0.2, 0) is 62.3 Å². The van der Waals surface area contributed by atoms with Gasteiger partial charge >= 0.3 is 5.97 Å². The Kier molecular flexibility index (Phi) is 35.5. The second kappa shape index (κ2) is 39.0. The number of esters is 1. The molecule has 538 valence electrons. The third-order valence-corrected chi connectivity index (χ3v) is 18.4. The summed E-state index contributed by atoms with van der Waals surface area (Å²) in [5, 5.41) is 34.5. The number of nitrogens with zero attached hydrogens (tertiary/aromatic N) is 7. The van der Waals surface area contributed by atoms with E-state index in [2.05, 4.69) is 21.3 Å². The van der Waals surface area contributed by atoms with E-state index in [0.717, 1.165) is 26.5 Å². The molecule has 13 atom stereocenters. The summed E-state index contributed by atoms with van der Waals surface area (Å²) in [6.45, 7) is 28.6. The molecule has 0 unspecified atom stereocenters. The second-order valence-corrected chi connectivity index (χ2v) is 29.2. The largest absolute Gasteiger partial charge is 0.469 e. The molecule has 0 radical (unpaired) electrons. The van der Waals surface area contributed by atoms with Gasteiger partial charge in [0.15, 0.2) is 0 Å². The number of nitrogens with one attached hydrogen (secondary N) is 4. The van der Waals surface area contributed by atoms with Crippen LogP contribution >= 0.6 is 11.8 Å². The Labute approximate surface area is 564 Å². The van der Waals surface area contributed by atoms with Gasteiger partial charge in [-0.3, -0.25) is 57.5 Å². The molecular weight excluding hydrogens is 1230 g/mol. The average molecular weight is 1350 g/mol. The Morgan fingerprint density at radius 1 is 0.543 bits per heavy atom. The molecule has 11 amide bonds. The normalized spacial score (nSPS) is 26.3. The number of allylic oxidation sites excluding steroid dienone is 2. The van der Waals surface area contributed by atoms with E-state index in [0.29, 0.717) is 0 Å². The number of likely N-dealkylation sites (N-methyl/N-ethyl adjacent to an activating group) is 7. The highest BCUT2D eigenvalue weighted by Crippen LogP contribution is 2.27. The summed E-state index contributed by atoms with van der Waals surface area (Å²) < 4.78 is 4.83. The van der Waals surface area contributed by atoms with Crippen molar-refractivity contribution in [2.75, 3.05) is 67.9 Å². The van der Waals surface area contributed by atoms with Crippen LogP contribution in [0.1, 0.15) is 163 Å². The summed E-state index contributed by atoms with van der Waals surface area (Å²) >= 11 is 1.12. The van der Waals surface area contributed by atoms with Gasteiger partial charge in [0, 0.05) is 67.3 Å². The molecule has 27 heteroatoms. The third-order valence-electron chi connectivity index (χ3n) is 17.3. The van der Waals surface area contributed by atoms with Gasteiger partial charge in [0.25, 0.3) is 0 Å². The maximum atomic E-state index is 15.3. The predicted octanol–water partition coefficient (Wildman–Crippen LogP) is 3.05. The number of rotatable bonds is 20. The monoisotopic (exact) mass is 1350 g/mol. The van der Waals surface area contributed by atoms with E-state index >= 15 is 28.8 Å². The van der Waals surface area contributed by atoms with Crippen molar-refractivity contribution >= 4 is 82.7 Å². The molecule has 26 nitrogen and oxygen atoms in total. The molecule has 1 aliphatic heterocycles. The molecule has 1 heterocycles. The summed E-state index contributed by atoms with van der Waals surface area (Å²) in [7, 11) is 10.8. The Morgan fingerprint density at radius 2 is 0.979 bits per heavy atom. The fourth-order valence-electron chi connectivity index (χ4n) is 11.4. The first-order valence-corrected chi connectivity index (χ1v) is 34.3. The minimum Gasteiger partial charge on any atom is -0.469 e. The third kappa shape index (κ3) is 24.7. The second-order valence-electron chi connectivity index (χ2n) is 28.1. The van der Waals surface area contributed by atoms with Crippen molar-refractivity contribution in [1.29, 1.82) is 0 Å². The van der Waals surface area contributed by atoms with Crippen molar-refractivity contribution in [2.24, 2.45) is 35.5 Å². The average Bonchev–Trinajstić information content (AvgIpc) is 0.830. The first-order chi connectivity index (χ1) is 43.4. The molecule has 0 bridgehead atoms. The van der Waals surface area contributed by atoms with Crippen molar-refractivity contribution in [3.8, 4) is 0 Å². The Morgan fingerprint density at radius 3 is 1.45 bits per heavy atom. The summed E-state index contributed by atoms with van der Waals surface area (Å²) in [5.74, 6) is -11.4. The summed E-state index contributed by atoms with van der Waals surface area (Å²) in [6.07, 6.45) is 2.03. The maximum absolute atomic E-state index is 15.3. The molecule has 1 rings (SSSR count).